The number of nitrogens with zero attached hydrogens (tertiary/aromatic N) is 1. The van der Waals surface area contributed by atoms with Crippen LogP contribution in [-0.4, -0.2) is 24.5 Å². The van der Waals surface area contributed by atoms with Gasteiger partial charge in [-0.2, -0.15) is 0 Å². The largest absolute Gasteiger partial charge is 0.333 e. The lowest BCUT2D eigenvalue weighted by molar-refractivity contribution is -0.117. The normalized spacial score (nSPS) is 16.8. The van der Waals surface area contributed by atoms with Crippen molar-refractivity contribution in [1.82, 2.24) is 5.32 Å². The monoisotopic (exact) mass is 341 g/mol. The van der Waals surface area contributed by atoms with Crippen LogP contribution in [0.4, 0.5) is 20.6 Å². The molecule has 0 saturated carbocycles. The van der Waals surface area contributed by atoms with E-state index in [-0.39, 0.29) is 30.2 Å². The molecular formula is C19H20FN3O2. The number of carbonyl (C=O) groups is 2. The van der Waals surface area contributed by atoms with Crippen molar-refractivity contribution in [1.29, 1.82) is 0 Å². The second kappa shape index (κ2) is 6.93. The molecule has 25 heavy (non-hydrogen) atoms. The zero-order valence-corrected chi connectivity index (χ0v) is 14.2. The Labute approximate surface area is 145 Å². The van der Waals surface area contributed by atoms with E-state index in [1.165, 1.54) is 12.1 Å². The molecule has 1 fully saturated rings. The fourth-order valence-electron chi connectivity index (χ4n) is 2.89. The molecule has 0 aromatic heterocycles. The molecule has 130 valence electrons. The zero-order chi connectivity index (χ0) is 18.0. The van der Waals surface area contributed by atoms with Crippen molar-refractivity contribution in [3.05, 3.63) is 59.4 Å². The summed E-state index contributed by atoms with van der Waals surface area (Å²) in [6, 6.07) is 11.0. The van der Waals surface area contributed by atoms with Crippen LogP contribution in [0.3, 0.4) is 0 Å². The third-order valence-corrected chi connectivity index (χ3v) is 4.24. The van der Waals surface area contributed by atoms with Crippen LogP contribution < -0.4 is 15.5 Å². The van der Waals surface area contributed by atoms with Gasteiger partial charge in [-0.25, -0.2) is 9.18 Å². The van der Waals surface area contributed by atoms with Gasteiger partial charge in [-0.3, -0.25) is 4.79 Å². The number of urea groups is 1. The Morgan fingerprint density at radius 2 is 1.88 bits per heavy atom. The van der Waals surface area contributed by atoms with Gasteiger partial charge in [-0.1, -0.05) is 12.1 Å². The highest BCUT2D eigenvalue weighted by Gasteiger charge is 2.31. The molecule has 1 heterocycles. The molecule has 1 atom stereocenters. The summed E-state index contributed by atoms with van der Waals surface area (Å²) >= 11 is 0. The standard InChI is InChI=1S/C19H20FN3O2/c1-12-3-4-13(2)17(9-12)22-19(25)21-15-10-18(24)23(11-15)16-7-5-14(20)6-8-16/h3-9,15H,10-11H2,1-2H3,(H2,21,22,25)/t15-/m0/s1. The maximum absolute atomic E-state index is 13.0. The number of hydrogen-bond acceptors (Lipinski definition) is 2. The Hall–Kier alpha value is -2.89. The van der Waals surface area contributed by atoms with Crippen molar-refractivity contribution in [2.45, 2.75) is 26.3 Å². The van der Waals surface area contributed by atoms with Crippen molar-refractivity contribution >= 4 is 23.3 Å². The van der Waals surface area contributed by atoms with E-state index in [2.05, 4.69) is 10.6 Å². The second-order valence-corrected chi connectivity index (χ2v) is 6.30. The van der Waals surface area contributed by atoms with Gasteiger partial charge in [0.1, 0.15) is 5.82 Å². The van der Waals surface area contributed by atoms with Gasteiger partial charge < -0.3 is 15.5 Å². The topological polar surface area (TPSA) is 61.4 Å². The highest BCUT2D eigenvalue weighted by Crippen LogP contribution is 2.22. The summed E-state index contributed by atoms with van der Waals surface area (Å²) in [7, 11) is 0. The Bertz CT molecular complexity index is 805. The molecule has 1 aliphatic rings. The highest BCUT2D eigenvalue weighted by molar-refractivity contribution is 5.97. The number of rotatable bonds is 3. The predicted octanol–water partition coefficient (Wildman–Crippen LogP) is 3.37. The van der Waals surface area contributed by atoms with E-state index in [0.29, 0.717) is 12.2 Å². The second-order valence-electron chi connectivity index (χ2n) is 6.30. The SMILES string of the molecule is Cc1ccc(C)c(NC(=O)N[C@H]2CC(=O)N(c3ccc(F)cc3)C2)c1. The number of hydrogen-bond donors (Lipinski definition) is 2. The smallest absolute Gasteiger partial charge is 0.319 e. The number of carbonyl (C=O) groups excluding carboxylic acids is 2. The maximum atomic E-state index is 13.0. The summed E-state index contributed by atoms with van der Waals surface area (Å²) in [6.45, 7) is 4.24. The van der Waals surface area contributed by atoms with Crippen molar-refractivity contribution in [3.8, 4) is 0 Å². The van der Waals surface area contributed by atoms with E-state index in [9.17, 15) is 14.0 Å². The minimum atomic E-state index is -0.349. The first kappa shape index (κ1) is 17.0. The molecule has 0 aliphatic carbocycles. The van der Waals surface area contributed by atoms with Crippen LogP contribution >= 0.6 is 0 Å². The molecule has 0 radical (unpaired) electrons. The Kier molecular flexibility index (Phi) is 4.70. The summed E-state index contributed by atoms with van der Waals surface area (Å²) in [6.07, 6.45) is 0.220. The van der Waals surface area contributed by atoms with Crippen LogP contribution in [0.1, 0.15) is 17.5 Å². The molecule has 1 saturated heterocycles. The lowest BCUT2D eigenvalue weighted by atomic mass is 10.1. The number of halogens is 1. The van der Waals surface area contributed by atoms with Crippen molar-refractivity contribution < 1.29 is 14.0 Å². The first-order valence-electron chi connectivity index (χ1n) is 8.13. The van der Waals surface area contributed by atoms with E-state index in [1.54, 1.807) is 17.0 Å². The zero-order valence-electron chi connectivity index (χ0n) is 14.2. The first-order valence-corrected chi connectivity index (χ1v) is 8.13. The lowest BCUT2D eigenvalue weighted by Crippen LogP contribution is -2.39. The molecule has 5 nitrogen and oxygen atoms in total. The predicted molar refractivity (Wildman–Crippen MR) is 95.2 cm³/mol. The molecule has 2 N–H and O–H groups in total. The van der Waals surface area contributed by atoms with Gasteiger partial charge in [0.25, 0.3) is 0 Å². The molecule has 1 aliphatic heterocycles. The molecule has 2 aromatic carbocycles. The van der Waals surface area contributed by atoms with Crippen LogP contribution in [0.15, 0.2) is 42.5 Å². The van der Waals surface area contributed by atoms with Gasteiger partial charge in [0.15, 0.2) is 0 Å². The average molecular weight is 341 g/mol. The van der Waals surface area contributed by atoms with Crippen molar-refractivity contribution in [2.75, 3.05) is 16.8 Å². The Morgan fingerprint density at radius 1 is 1.16 bits per heavy atom. The van der Waals surface area contributed by atoms with Crippen LogP contribution in [0.2, 0.25) is 0 Å². The summed E-state index contributed by atoms with van der Waals surface area (Å²) in [5.41, 5.74) is 3.40. The number of anilines is 2. The molecule has 3 amide bonds. The number of amides is 3. The van der Waals surface area contributed by atoms with Gasteiger partial charge >= 0.3 is 6.03 Å². The van der Waals surface area contributed by atoms with Gasteiger partial charge in [0.05, 0.1) is 6.04 Å². The minimum absolute atomic E-state index is 0.0938. The van der Waals surface area contributed by atoms with Gasteiger partial charge in [-0.05, 0) is 55.3 Å². The third-order valence-electron chi connectivity index (χ3n) is 4.24. The molecule has 0 spiro atoms. The fraction of sp³-hybridized carbons (Fsp3) is 0.263. The van der Waals surface area contributed by atoms with Crippen LogP contribution in [0.5, 0.6) is 0 Å². The number of benzene rings is 2. The summed E-state index contributed by atoms with van der Waals surface area (Å²) < 4.78 is 13.0. The summed E-state index contributed by atoms with van der Waals surface area (Å²) in [4.78, 5) is 26.0. The number of aryl methyl sites for hydroxylation is 2. The Balaban J connectivity index is 1.62. The molecular weight excluding hydrogens is 321 g/mol. The third kappa shape index (κ3) is 3.96. The van der Waals surface area contributed by atoms with E-state index >= 15 is 0 Å². The molecule has 0 bridgehead atoms. The Morgan fingerprint density at radius 3 is 2.60 bits per heavy atom. The summed E-state index contributed by atoms with van der Waals surface area (Å²) in [5.74, 6) is -0.443. The molecule has 2 aromatic rings. The van der Waals surface area contributed by atoms with Gasteiger partial charge in [-0.15, -0.1) is 0 Å². The van der Waals surface area contributed by atoms with Crippen molar-refractivity contribution in [2.24, 2.45) is 0 Å². The maximum Gasteiger partial charge on any atom is 0.319 e. The van der Waals surface area contributed by atoms with E-state index in [0.717, 1.165) is 16.8 Å². The lowest BCUT2D eigenvalue weighted by Gasteiger charge is -2.18. The summed E-state index contributed by atoms with van der Waals surface area (Å²) in [5, 5.41) is 5.65. The minimum Gasteiger partial charge on any atom is -0.333 e. The quantitative estimate of drug-likeness (QED) is 0.899. The molecule has 0 unspecified atom stereocenters. The fourth-order valence-corrected chi connectivity index (χ4v) is 2.89. The highest BCUT2D eigenvalue weighted by atomic mass is 19.1. The van der Waals surface area contributed by atoms with Gasteiger partial charge in [0, 0.05) is 24.3 Å². The van der Waals surface area contributed by atoms with E-state index < -0.39 is 0 Å². The van der Waals surface area contributed by atoms with Crippen LogP contribution in [0, 0.1) is 19.7 Å². The average Bonchev–Trinajstić information content (AvgIpc) is 2.92. The van der Waals surface area contributed by atoms with Crippen LogP contribution in [-0.2, 0) is 4.79 Å². The van der Waals surface area contributed by atoms with Crippen molar-refractivity contribution in [3.63, 3.8) is 0 Å². The molecule has 6 heteroatoms. The number of nitrogens with one attached hydrogen (secondary N) is 2. The molecule has 3 rings (SSSR count). The first-order chi connectivity index (χ1) is 11.9. The van der Waals surface area contributed by atoms with Crippen LogP contribution in [0.25, 0.3) is 0 Å². The van der Waals surface area contributed by atoms with E-state index in [1.807, 2.05) is 32.0 Å². The van der Waals surface area contributed by atoms with Gasteiger partial charge in [0.2, 0.25) is 5.91 Å². The van der Waals surface area contributed by atoms with E-state index in [4.69, 9.17) is 0 Å².